The topological polar surface area (TPSA) is 66.5 Å². The summed E-state index contributed by atoms with van der Waals surface area (Å²) in [6.45, 7) is 1.98. The van der Waals surface area contributed by atoms with Crippen molar-refractivity contribution in [2.45, 2.75) is 6.92 Å². The Morgan fingerprint density at radius 1 is 1.24 bits per heavy atom. The van der Waals surface area contributed by atoms with Crippen molar-refractivity contribution >= 4 is 28.3 Å². The van der Waals surface area contributed by atoms with Crippen molar-refractivity contribution in [2.24, 2.45) is 0 Å². The predicted molar refractivity (Wildman–Crippen MR) is 69.3 cm³/mol. The second kappa shape index (κ2) is 3.81. The first-order chi connectivity index (χ1) is 8.26. The van der Waals surface area contributed by atoms with Crippen LogP contribution in [0.5, 0.6) is 0 Å². The summed E-state index contributed by atoms with van der Waals surface area (Å²) in [4.78, 5) is 16.4. The third kappa shape index (κ3) is 1.76. The number of anilines is 1. The molecule has 0 bridgehead atoms. The smallest absolute Gasteiger partial charge is 0.180 e. The van der Waals surface area contributed by atoms with E-state index in [0.717, 1.165) is 27.9 Å². The zero-order valence-corrected chi connectivity index (χ0v) is 10.3. The van der Waals surface area contributed by atoms with Crippen LogP contribution in [-0.4, -0.2) is 27.0 Å². The van der Waals surface area contributed by atoms with Crippen LogP contribution in [0.1, 0.15) is 5.01 Å². The van der Waals surface area contributed by atoms with Gasteiger partial charge in [0, 0.05) is 12.4 Å². The minimum absolute atomic E-state index is 0.706. The maximum Gasteiger partial charge on any atom is 0.180 e. The minimum Gasteiger partial charge on any atom is -0.373 e. The molecule has 0 spiro atoms. The number of hydrogen-bond donors (Lipinski definition) is 2. The maximum absolute atomic E-state index is 4.44. The first-order valence-corrected chi connectivity index (χ1v) is 6.11. The van der Waals surface area contributed by atoms with Gasteiger partial charge in [0.1, 0.15) is 11.5 Å². The molecule has 0 aliphatic heterocycles. The molecular formula is C11H11N5S. The second-order valence-electron chi connectivity index (χ2n) is 3.65. The van der Waals surface area contributed by atoms with E-state index in [1.54, 1.807) is 11.3 Å². The summed E-state index contributed by atoms with van der Waals surface area (Å²) in [5.74, 6) is 1.58. The van der Waals surface area contributed by atoms with Crippen molar-refractivity contribution in [2.75, 3.05) is 12.4 Å². The first kappa shape index (κ1) is 10.2. The third-order valence-electron chi connectivity index (χ3n) is 2.46. The molecule has 3 heterocycles. The highest BCUT2D eigenvalue weighted by atomic mass is 32.1. The van der Waals surface area contributed by atoms with Gasteiger partial charge in [-0.15, -0.1) is 11.3 Å². The fourth-order valence-electron chi connectivity index (χ4n) is 1.63. The summed E-state index contributed by atoms with van der Waals surface area (Å²) < 4.78 is 0. The van der Waals surface area contributed by atoms with Crippen molar-refractivity contribution < 1.29 is 0 Å². The van der Waals surface area contributed by atoms with E-state index in [1.165, 1.54) is 0 Å². The Balaban J connectivity index is 2.13. The van der Waals surface area contributed by atoms with Crippen LogP contribution in [0.25, 0.3) is 22.7 Å². The summed E-state index contributed by atoms with van der Waals surface area (Å²) in [6, 6.07) is 3.88. The van der Waals surface area contributed by atoms with Gasteiger partial charge in [-0.05, 0) is 19.1 Å². The number of thiazole rings is 1. The maximum atomic E-state index is 4.44. The van der Waals surface area contributed by atoms with Gasteiger partial charge in [-0.2, -0.15) is 0 Å². The van der Waals surface area contributed by atoms with Gasteiger partial charge in [0.15, 0.2) is 11.5 Å². The Morgan fingerprint density at radius 2 is 2.12 bits per heavy atom. The van der Waals surface area contributed by atoms with Crippen LogP contribution >= 0.6 is 11.3 Å². The van der Waals surface area contributed by atoms with E-state index in [0.29, 0.717) is 5.65 Å². The molecular weight excluding hydrogens is 234 g/mol. The molecule has 6 heteroatoms. The molecule has 3 aromatic rings. The molecule has 0 saturated carbocycles. The van der Waals surface area contributed by atoms with Crippen molar-refractivity contribution in [3.8, 4) is 11.5 Å². The van der Waals surface area contributed by atoms with Gasteiger partial charge in [0.25, 0.3) is 0 Å². The van der Waals surface area contributed by atoms with E-state index >= 15 is 0 Å². The average molecular weight is 245 g/mol. The molecule has 0 radical (unpaired) electrons. The van der Waals surface area contributed by atoms with Crippen molar-refractivity contribution in [1.29, 1.82) is 0 Å². The SMILES string of the molecule is CNc1ccc2[nH]c(-c3csc(C)n3)nc2n1. The van der Waals surface area contributed by atoms with Crippen LogP contribution in [-0.2, 0) is 0 Å². The number of aromatic amines is 1. The molecule has 5 nitrogen and oxygen atoms in total. The van der Waals surface area contributed by atoms with Gasteiger partial charge in [0.2, 0.25) is 0 Å². The van der Waals surface area contributed by atoms with Crippen LogP contribution in [0.2, 0.25) is 0 Å². The highest BCUT2D eigenvalue weighted by molar-refractivity contribution is 7.09. The lowest BCUT2D eigenvalue weighted by molar-refractivity contribution is 1.22. The zero-order valence-electron chi connectivity index (χ0n) is 9.48. The quantitative estimate of drug-likeness (QED) is 0.727. The normalized spacial score (nSPS) is 10.9. The van der Waals surface area contributed by atoms with Gasteiger partial charge in [-0.1, -0.05) is 0 Å². The van der Waals surface area contributed by atoms with Crippen molar-refractivity contribution in [3.05, 3.63) is 22.5 Å². The lowest BCUT2D eigenvalue weighted by Gasteiger charge is -1.95. The molecule has 0 aliphatic rings. The van der Waals surface area contributed by atoms with Gasteiger partial charge >= 0.3 is 0 Å². The monoisotopic (exact) mass is 245 g/mol. The number of aromatic nitrogens is 4. The minimum atomic E-state index is 0.706. The molecule has 17 heavy (non-hydrogen) atoms. The fraction of sp³-hybridized carbons (Fsp3) is 0.182. The van der Waals surface area contributed by atoms with E-state index in [1.807, 2.05) is 31.5 Å². The molecule has 0 atom stereocenters. The highest BCUT2D eigenvalue weighted by Crippen LogP contribution is 2.21. The molecule has 0 aliphatic carbocycles. The molecule has 86 valence electrons. The lowest BCUT2D eigenvalue weighted by atomic mass is 10.4. The Kier molecular flexibility index (Phi) is 2.29. The second-order valence-corrected chi connectivity index (χ2v) is 4.72. The molecule has 2 N–H and O–H groups in total. The molecule has 0 saturated heterocycles. The van der Waals surface area contributed by atoms with Gasteiger partial charge < -0.3 is 10.3 Å². The largest absolute Gasteiger partial charge is 0.373 e. The molecule has 0 unspecified atom stereocenters. The van der Waals surface area contributed by atoms with Crippen molar-refractivity contribution in [1.82, 2.24) is 19.9 Å². The zero-order chi connectivity index (χ0) is 11.8. The van der Waals surface area contributed by atoms with Crippen LogP contribution in [0.15, 0.2) is 17.5 Å². The van der Waals surface area contributed by atoms with Crippen molar-refractivity contribution in [3.63, 3.8) is 0 Å². The van der Waals surface area contributed by atoms with Crippen LogP contribution < -0.4 is 5.32 Å². The summed E-state index contributed by atoms with van der Waals surface area (Å²) in [7, 11) is 1.84. The third-order valence-corrected chi connectivity index (χ3v) is 3.24. The number of imidazole rings is 1. The summed E-state index contributed by atoms with van der Waals surface area (Å²) in [6.07, 6.45) is 0. The fourth-order valence-corrected chi connectivity index (χ4v) is 2.22. The van der Waals surface area contributed by atoms with E-state index in [2.05, 4.69) is 25.3 Å². The number of fused-ring (bicyclic) bond motifs is 1. The Labute approximate surface area is 102 Å². The number of rotatable bonds is 2. The number of hydrogen-bond acceptors (Lipinski definition) is 5. The van der Waals surface area contributed by atoms with Gasteiger partial charge in [0.05, 0.1) is 10.5 Å². The van der Waals surface area contributed by atoms with Crippen LogP contribution in [0.3, 0.4) is 0 Å². The number of nitrogens with one attached hydrogen (secondary N) is 2. The van der Waals surface area contributed by atoms with E-state index in [4.69, 9.17) is 0 Å². The molecule has 3 aromatic heterocycles. The Morgan fingerprint density at radius 3 is 2.82 bits per heavy atom. The van der Waals surface area contributed by atoms with Gasteiger partial charge in [-0.25, -0.2) is 15.0 Å². The first-order valence-electron chi connectivity index (χ1n) is 5.23. The number of nitrogens with zero attached hydrogens (tertiary/aromatic N) is 3. The number of H-pyrrole nitrogens is 1. The molecule has 0 aromatic carbocycles. The Hall–Kier alpha value is -1.95. The molecule has 3 rings (SSSR count). The predicted octanol–water partition coefficient (Wildman–Crippen LogP) is 2.43. The number of aryl methyl sites for hydroxylation is 1. The van der Waals surface area contributed by atoms with Gasteiger partial charge in [-0.3, -0.25) is 0 Å². The Bertz CT molecular complexity index is 669. The summed E-state index contributed by atoms with van der Waals surface area (Å²) >= 11 is 1.61. The molecule has 0 amide bonds. The van der Waals surface area contributed by atoms with E-state index in [-0.39, 0.29) is 0 Å². The summed E-state index contributed by atoms with van der Waals surface area (Å²) in [5, 5.41) is 6.02. The van der Waals surface area contributed by atoms with Crippen LogP contribution in [0, 0.1) is 6.92 Å². The van der Waals surface area contributed by atoms with E-state index < -0.39 is 0 Å². The number of pyridine rings is 1. The van der Waals surface area contributed by atoms with Crippen LogP contribution in [0.4, 0.5) is 5.82 Å². The average Bonchev–Trinajstić information content (AvgIpc) is 2.93. The summed E-state index contributed by atoms with van der Waals surface area (Å²) in [5.41, 5.74) is 2.50. The molecule has 0 fully saturated rings. The standard InChI is InChI=1S/C11H11N5S/c1-6-13-8(5-17-6)11-14-7-3-4-9(12-2)15-10(7)16-11/h3-5H,1-2H3,(H2,12,14,15,16). The lowest BCUT2D eigenvalue weighted by Crippen LogP contribution is -1.91. The highest BCUT2D eigenvalue weighted by Gasteiger charge is 2.09. The van der Waals surface area contributed by atoms with E-state index in [9.17, 15) is 0 Å².